The number of ether oxygens (including phenoxy) is 2. The summed E-state index contributed by atoms with van der Waals surface area (Å²) in [5.74, 6) is 0.137. The molecule has 0 saturated carbocycles. The van der Waals surface area contributed by atoms with E-state index >= 15 is 0 Å². The Labute approximate surface area is 185 Å². The van der Waals surface area contributed by atoms with Gasteiger partial charge >= 0.3 is 6.09 Å². The first-order chi connectivity index (χ1) is 15.0. The Kier molecular flexibility index (Phi) is 7.51. The first kappa shape index (κ1) is 22.6. The molecule has 3 rings (SSSR count). The zero-order valence-corrected chi connectivity index (χ0v) is 18.8. The van der Waals surface area contributed by atoms with Gasteiger partial charge in [0.15, 0.2) is 0 Å². The Morgan fingerprint density at radius 2 is 1.90 bits per heavy atom. The summed E-state index contributed by atoms with van der Waals surface area (Å²) >= 11 is 1.31. The lowest BCUT2D eigenvalue weighted by Gasteiger charge is -2.25. The monoisotopic (exact) mass is 445 g/mol. The number of hydrogen-bond acceptors (Lipinski definition) is 6. The fourth-order valence-electron chi connectivity index (χ4n) is 3.35. The third-order valence-corrected chi connectivity index (χ3v) is 6.19. The Morgan fingerprint density at radius 3 is 2.55 bits per heavy atom. The maximum absolute atomic E-state index is 12.8. The van der Waals surface area contributed by atoms with E-state index in [0.29, 0.717) is 48.0 Å². The molecule has 2 aromatic rings. The number of anilines is 1. The predicted molar refractivity (Wildman–Crippen MR) is 119 cm³/mol. The van der Waals surface area contributed by atoms with E-state index in [2.05, 4.69) is 17.6 Å². The highest BCUT2D eigenvalue weighted by atomic mass is 32.1. The average Bonchev–Trinajstić information content (AvgIpc) is 3.15. The molecule has 2 heterocycles. The lowest BCUT2D eigenvalue weighted by Crippen LogP contribution is -2.35. The van der Waals surface area contributed by atoms with Crippen LogP contribution in [-0.4, -0.2) is 50.1 Å². The van der Waals surface area contributed by atoms with Gasteiger partial charge < -0.3 is 25.0 Å². The number of amides is 3. The number of carbonyl (C=O) groups excluding carboxylic acids is 3. The van der Waals surface area contributed by atoms with Crippen molar-refractivity contribution in [2.24, 2.45) is 0 Å². The maximum Gasteiger partial charge on any atom is 0.409 e. The summed E-state index contributed by atoms with van der Waals surface area (Å²) in [6.07, 6.45) is 2.13. The molecule has 9 heteroatoms. The van der Waals surface area contributed by atoms with E-state index < -0.39 is 6.09 Å². The number of carbonyl (C=O) groups is 3. The number of benzene rings is 1. The normalized spacial score (nSPS) is 12.7. The van der Waals surface area contributed by atoms with Gasteiger partial charge in [-0.05, 0) is 42.7 Å². The Balaban J connectivity index is 1.79. The molecule has 0 fully saturated rings. The van der Waals surface area contributed by atoms with E-state index in [1.807, 2.05) is 0 Å². The second-order valence-electron chi connectivity index (χ2n) is 7.11. The van der Waals surface area contributed by atoms with Crippen molar-refractivity contribution in [1.82, 2.24) is 10.2 Å². The third kappa shape index (κ3) is 5.16. The van der Waals surface area contributed by atoms with Gasteiger partial charge in [-0.25, -0.2) is 4.79 Å². The molecule has 0 unspecified atom stereocenters. The Bertz CT molecular complexity index is 955. The number of nitrogens with zero attached hydrogens (tertiary/aromatic N) is 1. The van der Waals surface area contributed by atoms with E-state index in [0.717, 1.165) is 23.3 Å². The third-order valence-electron chi connectivity index (χ3n) is 5.05. The zero-order chi connectivity index (χ0) is 22.4. The quantitative estimate of drug-likeness (QED) is 0.634. The largest absolute Gasteiger partial charge is 0.494 e. The van der Waals surface area contributed by atoms with E-state index in [1.165, 1.54) is 18.4 Å². The van der Waals surface area contributed by atoms with Crippen molar-refractivity contribution in [3.05, 3.63) is 45.8 Å². The minimum atomic E-state index is -0.410. The Hall–Kier alpha value is -3.07. The number of methoxy groups -OCH3 is 1. The van der Waals surface area contributed by atoms with Crippen molar-refractivity contribution in [3.63, 3.8) is 0 Å². The summed E-state index contributed by atoms with van der Waals surface area (Å²) in [5.41, 5.74) is 1.78. The van der Waals surface area contributed by atoms with Crippen LogP contribution < -0.4 is 15.4 Å². The van der Waals surface area contributed by atoms with Crippen molar-refractivity contribution in [3.8, 4) is 5.75 Å². The van der Waals surface area contributed by atoms with Crippen LogP contribution in [0.2, 0.25) is 0 Å². The average molecular weight is 446 g/mol. The highest BCUT2D eigenvalue weighted by Gasteiger charge is 2.30. The molecule has 0 saturated heterocycles. The van der Waals surface area contributed by atoms with Crippen molar-refractivity contribution in [1.29, 1.82) is 0 Å². The molecule has 0 aliphatic carbocycles. The van der Waals surface area contributed by atoms with Crippen LogP contribution in [0.25, 0.3) is 0 Å². The predicted octanol–water partition coefficient (Wildman–Crippen LogP) is 3.66. The zero-order valence-electron chi connectivity index (χ0n) is 17.9. The van der Waals surface area contributed by atoms with Gasteiger partial charge in [0, 0.05) is 24.0 Å². The van der Waals surface area contributed by atoms with E-state index in [-0.39, 0.29) is 11.8 Å². The molecule has 3 amide bonds. The van der Waals surface area contributed by atoms with Crippen molar-refractivity contribution < 1.29 is 23.9 Å². The lowest BCUT2D eigenvalue weighted by atomic mass is 10.0. The maximum atomic E-state index is 12.8. The first-order valence-electron chi connectivity index (χ1n) is 10.2. The number of rotatable bonds is 7. The molecule has 0 spiro atoms. The second-order valence-corrected chi connectivity index (χ2v) is 8.21. The van der Waals surface area contributed by atoms with Crippen LogP contribution in [-0.2, 0) is 17.7 Å². The summed E-state index contributed by atoms with van der Waals surface area (Å²) in [5, 5.41) is 5.99. The van der Waals surface area contributed by atoms with Crippen LogP contribution in [0.4, 0.5) is 9.80 Å². The minimum absolute atomic E-state index is 0.265. The van der Waals surface area contributed by atoms with Gasteiger partial charge in [0.05, 0.1) is 25.8 Å². The molecule has 0 bridgehead atoms. The molecule has 8 nitrogen and oxygen atoms in total. The van der Waals surface area contributed by atoms with Crippen LogP contribution >= 0.6 is 11.3 Å². The molecule has 1 aromatic heterocycles. The first-order valence-corrected chi connectivity index (χ1v) is 11.0. The number of fused-ring (bicyclic) bond motifs is 1. The summed E-state index contributed by atoms with van der Waals surface area (Å²) in [7, 11) is 2.90. The van der Waals surface area contributed by atoms with Crippen LogP contribution in [0.15, 0.2) is 24.3 Å². The van der Waals surface area contributed by atoms with Crippen LogP contribution in [0.3, 0.4) is 0 Å². The highest BCUT2D eigenvalue weighted by Crippen LogP contribution is 2.37. The molecular formula is C22H27N3O5S. The molecule has 2 N–H and O–H groups in total. The Morgan fingerprint density at radius 1 is 1.16 bits per heavy atom. The molecule has 31 heavy (non-hydrogen) atoms. The second kappa shape index (κ2) is 10.3. The van der Waals surface area contributed by atoms with E-state index in [9.17, 15) is 14.4 Å². The van der Waals surface area contributed by atoms with Crippen LogP contribution in [0.5, 0.6) is 5.75 Å². The SMILES string of the molecule is CCCCOc1ccc(C(=O)Nc2sc3c(c2C(=O)NC)CCN(C(=O)OC)C3)cc1. The molecule has 0 atom stereocenters. The summed E-state index contributed by atoms with van der Waals surface area (Å²) in [4.78, 5) is 39.7. The molecule has 1 aliphatic rings. The minimum Gasteiger partial charge on any atom is -0.494 e. The van der Waals surface area contributed by atoms with Gasteiger partial charge in [0.2, 0.25) is 0 Å². The summed E-state index contributed by atoms with van der Waals surface area (Å²) in [6.45, 7) is 3.53. The molecule has 0 radical (unpaired) electrons. The lowest BCUT2D eigenvalue weighted by molar-refractivity contribution is 0.0962. The summed E-state index contributed by atoms with van der Waals surface area (Å²) in [6, 6.07) is 6.92. The van der Waals surface area contributed by atoms with Gasteiger partial charge in [0.25, 0.3) is 11.8 Å². The van der Waals surface area contributed by atoms with Gasteiger partial charge in [-0.1, -0.05) is 13.3 Å². The van der Waals surface area contributed by atoms with Crippen molar-refractivity contribution in [2.75, 3.05) is 32.6 Å². The molecule has 1 aliphatic heterocycles. The fraction of sp³-hybridized carbons (Fsp3) is 0.409. The molecule has 1 aromatic carbocycles. The number of thiophene rings is 1. The van der Waals surface area contributed by atoms with Crippen molar-refractivity contribution in [2.45, 2.75) is 32.7 Å². The highest BCUT2D eigenvalue weighted by molar-refractivity contribution is 7.17. The number of nitrogens with one attached hydrogen (secondary N) is 2. The van der Waals surface area contributed by atoms with Crippen molar-refractivity contribution >= 4 is 34.2 Å². The topological polar surface area (TPSA) is 97.0 Å². The fourth-order valence-corrected chi connectivity index (χ4v) is 4.61. The van der Waals surface area contributed by atoms with Gasteiger partial charge in [0.1, 0.15) is 10.8 Å². The van der Waals surface area contributed by atoms with Crippen LogP contribution in [0.1, 0.15) is 50.9 Å². The summed E-state index contributed by atoms with van der Waals surface area (Å²) < 4.78 is 10.4. The van der Waals surface area contributed by atoms with Gasteiger partial charge in [-0.15, -0.1) is 11.3 Å². The molecule has 166 valence electrons. The van der Waals surface area contributed by atoms with Crippen LogP contribution in [0, 0.1) is 0 Å². The van der Waals surface area contributed by atoms with E-state index in [4.69, 9.17) is 9.47 Å². The smallest absolute Gasteiger partial charge is 0.409 e. The van der Waals surface area contributed by atoms with Gasteiger partial charge in [-0.3, -0.25) is 9.59 Å². The number of hydrogen-bond donors (Lipinski definition) is 2. The van der Waals surface area contributed by atoms with Gasteiger partial charge in [-0.2, -0.15) is 0 Å². The standard InChI is InChI=1S/C22H27N3O5S/c1-4-5-12-30-15-8-6-14(7-9-15)19(26)24-21-18(20(27)23-2)16-10-11-25(22(28)29-3)13-17(16)31-21/h6-9H,4-5,10-13H2,1-3H3,(H,23,27)(H,24,26). The molecular weight excluding hydrogens is 418 g/mol. The van der Waals surface area contributed by atoms with E-state index in [1.54, 1.807) is 36.2 Å². The number of unbranched alkanes of at least 4 members (excludes halogenated alkanes) is 1.